The fraction of sp³-hybridized carbons (Fsp3) is 0.375. The molecule has 0 radical (unpaired) electrons. The van der Waals surface area contributed by atoms with E-state index in [1.807, 2.05) is 27.7 Å². The highest BCUT2D eigenvalue weighted by atomic mass is 32.2. The van der Waals surface area contributed by atoms with Gasteiger partial charge in [-0.15, -0.1) is 0 Å². The van der Waals surface area contributed by atoms with Crippen molar-refractivity contribution in [3.8, 4) is 23.5 Å². The number of ether oxygens (including phenoxy) is 2. The molecule has 2 aromatic carbocycles. The van der Waals surface area contributed by atoms with Crippen LogP contribution in [0.2, 0.25) is 0 Å². The standard InChI is InChI=1S/C24H27NO5S/c1-7-14-29-21-16(3)17(4)22-20(18(21)5)12-13-24(6,30-22)23(26)25-31(27,28)19-10-8-15(2)9-11-19/h8-11H,12-13H2,1-6H3,(H,25,26). The Labute approximate surface area is 184 Å². The highest BCUT2D eigenvalue weighted by molar-refractivity contribution is 7.90. The Kier molecular flexibility index (Phi) is 6.06. The van der Waals surface area contributed by atoms with Crippen LogP contribution in [0.5, 0.6) is 11.5 Å². The van der Waals surface area contributed by atoms with Crippen molar-refractivity contribution in [3.63, 3.8) is 0 Å². The van der Waals surface area contributed by atoms with Gasteiger partial charge in [-0.1, -0.05) is 23.6 Å². The van der Waals surface area contributed by atoms with Gasteiger partial charge in [0.2, 0.25) is 0 Å². The normalized spacial score (nSPS) is 17.6. The zero-order valence-corrected chi connectivity index (χ0v) is 19.5. The van der Waals surface area contributed by atoms with Crippen LogP contribution in [0.3, 0.4) is 0 Å². The maximum absolute atomic E-state index is 13.0. The number of hydrogen-bond donors (Lipinski definition) is 1. The molecule has 7 heteroatoms. The molecule has 0 spiro atoms. The van der Waals surface area contributed by atoms with Crippen molar-refractivity contribution in [2.75, 3.05) is 0 Å². The van der Waals surface area contributed by atoms with Gasteiger partial charge in [-0.2, -0.15) is 0 Å². The minimum atomic E-state index is -4.00. The van der Waals surface area contributed by atoms with Crippen molar-refractivity contribution in [1.82, 2.24) is 4.72 Å². The lowest BCUT2D eigenvalue weighted by Crippen LogP contribution is -2.52. The van der Waals surface area contributed by atoms with Crippen LogP contribution in [-0.4, -0.2) is 19.9 Å². The third kappa shape index (κ3) is 4.26. The molecule has 0 fully saturated rings. The van der Waals surface area contributed by atoms with Crippen molar-refractivity contribution >= 4 is 15.9 Å². The van der Waals surface area contributed by atoms with E-state index in [4.69, 9.17) is 9.47 Å². The van der Waals surface area contributed by atoms with Crippen LogP contribution in [0.25, 0.3) is 0 Å². The molecule has 0 saturated heterocycles. The first kappa shape index (κ1) is 22.7. The minimum absolute atomic E-state index is 0.0351. The summed E-state index contributed by atoms with van der Waals surface area (Å²) >= 11 is 0. The molecule has 0 aliphatic carbocycles. The predicted molar refractivity (Wildman–Crippen MR) is 119 cm³/mol. The molecular weight excluding hydrogens is 414 g/mol. The number of fused-ring (bicyclic) bond motifs is 1. The molecule has 1 atom stereocenters. The molecular formula is C24H27NO5S. The number of nitrogens with one attached hydrogen (secondary N) is 1. The fourth-order valence-corrected chi connectivity index (χ4v) is 4.73. The van der Waals surface area contributed by atoms with Crippen LogP contribution in [0, 0.1) is 39.7 Å². The molecule has 0 saturated carbocycles. The summed E-state index contributed by atoms with van der Waals surface area (Å²) in [4.78, 5) is 13.1. The maximum Gasteiger partial charge on any atom is 0.277 e. The fourth-order valence-electron chi connectivity index (χ4n) is 3.66. The lowest BCUT2D eigenvalue weighted by Gasteiger charge is -2.36. The second kappa shape index (κ2) is 8.27. The van der Waals surface area contributed by atoms with Gasteiger partial charge < -0.3 is 9.47 Å². The number of amides is 1. The Balaban J connectivity index is 1.91. The molecule has 0 aromatic heterocycles. The Morgan fingerprint density at radius 3 is 2.35 bits per heavy atom. The van der Waals surface area contributed by atoms with Gasteiger partial charge in [-0.25, -0.2) is 13.1 Å². The average molecular weight is 442 g/mol. The van der Waals surface area contributed by atoms with Gasteiger partial charge in [-0.05, 0) is 69.9 Å². The Morgan fingerprint density at radius 1 is 1.10 bits per heavy atom. The van der Waals surface area contributed by atoms with E-state index in [-0.39, 0.29) is 4.90 Å². The number of benzene rings is 2. The molecule has 1 aliphatic rings. The SMILES string of the molecule is CC#COc1c(C)c(C)c2c(c1C)CCC(C)(C(=O)NS(=O)(=O)c1ccc(C)cc1)O2. The number of carbonyl (C=O) groups excluding carboxylic acids is 1. The Bertz CT molecular complexity index is 1200. The van der Waals surface area contributed by atoms with Gasteiger partial charge in [0.15, 0.2) is 5.60 Å². The Morgan fingerprint density at radius 2 is 1.74 bits per heavy atom. The van der Waals surface area contributed by atoms with Crippen molar-refractivity contribution < 1.29 is 22.7 Å². The van der Waals surface area contributed by atoms with E-state index in [2.05, 4.69) is 16.7 Å². The van der Waals surface area contributed by atoms with E-state index in [0.717, 1.165) is 27.8 Å². The lowest BCUT2D eigenvalue weighted by molar-refractivity contribution is -0.134. The van der Waals surface area contributed by atoms with E-state index in [1.54, 1.807) is 26.0 Å². The summed E-state index contributed by atoms with van der Waals surface area (Å²) in [6.45, 7) is 10.9. The van der Waals surface area contributed by atoms with E-state index in [1.165, 1.54) is 12.1 Å². The van der Waals surface area contributed by atoms with Crippen LogP contribution in [0.15, 0.2) is 29.2 Å². The van der Waals surface area contributed by atoms with E-state index in [9.17, 15) is 13.2 Å². The van der Waals surface area contributed by atoms with E-state index < -0.39 is 21.5 Å². The number of rotatable bonds is 4. The first-order valence-corrected chi connectivity index (χ1v) is 11.5. The number of carbonyl (C=O) groups is 1. The summed E-state index contributed by atoms with van der Waals surface area (Å²) < 4.78 is 39.3. The summed E-state index contributed by atoms with van der Waals surface area (Å²) in [7, 11) is -4.00. The molecule has 164 valence electrons. The molecule has 1 aliphatic heterocycles. The largest absolute Gasteiger partial charge is 0.477 e. The highest BCUT2D eigenvalue weighted by Gasteiger charge is 2.42. The number of hydrogen-bond acceptors (Lipinski definition) is 5. The minimum Gasteiger partial charge on any atom is -0.477 e. The van der Waals surface area contributed by atoms with Gasteiger partial charge >= 0.3 is 0 Å². The van der Waals surface area contributed by atoms with Crippen LogP contribution < -0.4 is 14.2 Å². The topological polar surface area (TPSA) is 81.7 Å². The molecule has 1 N–H and O–H groups in total. The third-order valence-corrected chi connectivity index (χ3v) is 7.13. The quantitative estimate of drug-likeness (QED) is 0.729. The molecule has 1 unspecified atom stereocenters. The van der Waals surface area contributed by atoms with Crippen LogP contribution in [0.1, 0.15) is 48.1 Å². The number of aryl methyl sites for hydroxylation is 1. The molecule has 3 rings (SSSR count). The van der Waals surface area contributed by atoms with Crippen LogP contribution in [0.4, 0.5) is 0 Å². The Hall–Kier alpha value is -2.98. The summed E-state index contributed by atoms with van der Waals surface area (Å²) in [5, 5.41) is 0. The maximum atomic E-state index is 13.0. The highest BCUT2D eigenvalue weighted by Crippen LogP contribution is 2.43. The van der Waals surface area contributed by atoms with Crippen molar-refractivity contribution in [3.05, 3.63) is 52.1 Å². The molecule has 2 aromatic rings. The van der Waals surface area contributed by atoms with Gasteiger partial charge in [0.05, 0.1) is 4.90 Å². The summed E-state index contributed by atoms with van der Waals surface area (Å²) in [5.41, 5.74) is 3.18. The van der Waals surface area contributed by atoms with Crippen molar-refractivity contribution in [2.45, 2.75) is 64.9 Å². The summed E-state index contributed by atoms with van der Waals surface area (Å²) in [5.74, 6) is 3.33. The van der Waals surface area contributed by atoms with Crippen molar-refractivity contribution in [1.29, 1.82) is 0 Å². The van der Waals surface area contributed by atoms with Gasteiger partial charge in [0, 0.05) is 18.9 Å². The second-order valence-electron chi connectivity index (χ2n) is 8.05. The zero-order valence-electron chi connectivity index (χ0n) is 18.7. The summed E-state index contributed by atoms with van der Waals surface area (Å²) in [6, 6.07) is 6.32. The predicted octanol–water partition coefficient (Wildman–Crippen LogP) is 3.87. The monoisotopic (exact) mass is 441 g/mol. The summed E-state index contributed by atoms with van der Waals surface area (Å²) in [6.07, 6.45) is 3.52. The van der Waals surface area contributed by atoms with E-state index in [0.29, 0.717) is 24.3 Å². The average Bonchev–Trinajstić information content (AvgIpc) is 2.72. The van der Waals surface area contributed by atoms with Crippen LogP contribution in [-0.2, 0) is 21.2 Å². The molecule has 0 bridgehead atoms. The van der Waals surface area contributed by atoms with Crippen molar-refractivity contribution in [2.24, 2.45) is 0 Å². The van der Waals surface area contributed by atoms with Gasteiger partial charge in [0.1, 0.15) is 17.6 Å². The van der Waals surface area contributed by atoms with Crippen LogP contribution >= 0.6 is 0 Å². The first-order chi connectivity index (χ1) is 14.5. The lowest BCUT2D eigenvalue weighted by atomic mass is 9.87. The molecule has 1 amide bonds. The smallest absolute Gasteiger partial charge is 0.277 e. The number of sulfonamides is 1. The van der Waals surface area contributed by atoms with Gasteiger partial charge in [-0.3, -0.25) is 4.79 Å². The van der Waals surface area contributed by atoms with Gasteiger partial charge in [0.25, 0.3) is 15.9 Å². The van der Waals surface area contributed by atoms with E-state index >= 15 is 0 Å². The molecule has 1 heterocycles. The molecule has 31 heavy (non-hydrogen) atoms. The molecule has 6 nitrogen and oxygen atoms in total. The second-order valence-corrected chi connectivity index (χ2v) is 9.73. The first-order valence-electron chi connectivity index (χ1n) is 10.0. The zero-order chi connectivity index (χ0) is 23.0. The third-order valence-electron chi connectivity index (χ3n) is 5.78.